The van der Waals surface area contributed by atoms with Gasteiger partial charge in [-0.25, -0.2) is 13.1 Å². The van der Waals surface area contributed by atoms with E-state index < -0.39 is 22.0 Å². The molecule has 33 heavy (non-hydrogen) atoms. The average Bonchev–Trinajstić information content (AvgIpc) is 2.79. The quantitative estimate of drug-likeness (QED) is 0.354. The monoisotopic (exact) mass is 465 g/mol. The Morgan fingerprint density at radius 1 is 0.939 bits per heavy atom. The molecule has 7 heteroatoms. The highest BCUT2D eigenvalue weighted by atomic mass is 32.2. The van der Waals surface area contributed by atoms with Crippen molar-refractivity contribution >= 4 is 22.3 Å². The van der Waals surface area contributed by atoms with Crippen LogP contribution < -0.4 is 4.72 Å². The summed E-state index contributed by atoms with van der Waals surface area (Å²) in [6, 6.07) is 22.1. The molecule has 0 heterocycles. The minimum absolute atomic E-state index is 0.0757. The van der Waals surface area contributed by atoms with Crippen molar-refractivity contribution < 1.29 is 22.7 Å². The molecule has 0 amide bonds. The molecule has 1 atom stereocenters. The minimum Gasteiger partial charge on any atom is -0.463 e. The van der Waals surface area contributed by atoms with Crippen molar-refractivity contribution in [1.82, 2.24) is 4.72 Å². The lowest BCUT2D eigenvalue weighted by atomic mass is 10.0. The van der Waals surface area contributed by atoms with Gasteiger partial charge in [0.15, 0.2) is 0 Å². The first kappa shape index (κ1) is 24.4. The van der Waals surface area contributed by atoms with Gasteiger partial charge in [0.2, 0.25) is 10.0 Å². The maximum Gasteiger partial charge on any atom is 0.307 e. The number of aldehydes is 1. The maximum atomic E-state index is 13.2. The van der Waals surface area contributed by atoms with Crippen LogP contribution in [0.25, 0.3) is 11.1 Å². The molecule has 0 unspecified atom stereocenters. The summed E-state index contributed by atoms with van der Waals surface area (Å²) in [5.74, 6) is -0.465. The number of ether oxygens (including phenoxy) is 1. The Kier molecular flexibility index (Phi) is 8.14. The SMILES string of the molecule is CC(C)OC(=O)C[C@H](Cc1ccccc1)NS(=O)(=O)c1cccc(-c2cccc(C=O)c2)c1. The standard InChI is InChI=1S/C26H27NO5S/c1-19(2)32-26(29)17-24(15-20-8-4-3-5-9-20)27-33(30,31)25-13-7-12-23(16-25)22-11-6-10-21(14-22)18-28/h3-14,16,18-19,24,27H,15,17H2,1-2H3/t24-/m0/s1. The fourth-order valence-corrected chi connectivity index (χ4v) is 4.77. The summed E-state index contributed by atoms with van der Waals surface area (Å²) in [4.78, 5) is 23.5. The molecular formula is C26H27NO5S. The van der Waals surface area contributed by atoms with Gasteiger partial charge in [0, 0.05) is 11.6 Å². The van der Waals surface area contributed by atoms with Crippen LogP contribution in [0.3, 0.4) is 0 Å². The summed E-state index contributed by atoms with van der Waals surface area (Å²) in [6.07, 6.45) is 0.711. The molecule has 0 aromatic heterocycles. The number of esters is 1. The van der Waals surface area contributed by atoms with E-state index in [1.165, 1.54) is 6.07 Å². The van der Waals surface area contributed by atoms with Crippen LogP contribution in [0.1, 0.15) is 36.2 Å². The molecule has 0 spiro atoms. The van der Waals surface area contributed by atoms with Crippen molar-refractivity contribution in [1.29, 1.82) is 0 Å². The third kappa shape index (κ3) is 7.10. The third-order valence-corrected chi connectivity index (χ3v) is 6.45. The van der Waals surface area contributed by atoms with Gasteiger partial charge in [0.25, 0.3) is 0 Å². The highest BCUT2D eigenvalue weighted by molar-refractivity contribution is 7.89. The van der Waals surface area contributed by atoms with Crippen LogP contribution in [0.2, 0.25) is 0 Å². The Labute approximate surface area is 194 Å². The Morgan fingerprint density at radius 2 is 1.61 bits per heavy atom. The fraction of sp³-hybridized carbons (Fsp3) is 0.231. The Bertz CT molecular complexity index is 1210. The molecule has 0 aliphatic carbocycles. The van der Waals surface area contributed by atoms with E-state index in [2.05, 4.69) is 4.72 Å². The van der Waals surface area contributed by atoms with Crippen LogP contribution >= 0.6 is 0 Å². The van der Waals surface area contributed by atoms with E-state index in [-0.39, 0.29) is 17.4 Å². The van der Waals surface area contributed by atoms with Gasteiger partial charge >= 0.3 is 5.97 Å². The molecule has 3 aromatic carbocycles. The molecule has 0 fully saturated rings. The second kappa shape index (κ2) is 11.0. The highest BCUT2D eigenvalue weighted by Crippen LogP contribution is 2.24. The molecule has 0 aliphatic heterocycles. The molecule has 1 N–H and O–H groups in total. The van der Waals surface area contributed by atoms with Crippen molar-refractivity contribution in [2.24, 2.45) is 0 Å². The van der Waals surface area contributed by atoms with Gasteiger partial charge in [-0.1, -0.05) is 60.7 Å². The minimum atomic E-state index is -3.93. The lowest BCUT2D eigenvalue weighted by molar-refractivity contribution is -0.147. The van der Waals surface area contributed by atoms with Crippen molar-refractivity contribution in [2.75, 3.05) is 0 Å². The van der Waals surface area contributed by atoms with Gasteiger partial charge in [-0.15, -0.1) is 0 Å². The second-order valence-corrected chi connectivity index (χ2v) is 9.74. The Morgan fingerprint density at radius 3 is 2.27 bits per heavy atom. The molecule has 0 aliphatic rings. The van der Waals surface area contributed by atoms with Crippen LogP contribution in [-0.4, -0.2) is 32.8 Å². The fourth-order valence-electron chi connectivity index (χ4n) is 3.49. The number of rotatable bonds is 10. The summed E-state index contributed by atoms with van der Waals surface area (Å²) >= 11 is 0. The zero-order valence-corrected chi connectivity index (χ0v) is 19.4. The van der Waals surface area contributed by atoms with E-state index in [0.717, 1.165) is 17.4 Å². The number of hydrogen-bond acceptors (Lipinski definition) is 5. The molecule has 172 valence electrons. The normalized spacial score (nSPS) is 12.3. The second-order valence-electron chi connectivity index (χ2n) is 8.02. The molecule has 3 aromatic rings. The van der Waals surface area contributed by atoms with Crippen molar-refractivity contribution in [3.63, 3.8) is 0 Å². The number of carbonyl (C=O) groups is 2. The molecule has 6 nitrogen and oxygen atoms in total. The van der Waals surface area contributed by atoms with E-state index >= 15 is 0 Å². The Balaban J connectivity index is 1.86. The highest BCUT2D eigenvalue weighted by Gasteiger charge is 2.24. The van der Waals surface area contributed by atoms with Crippen LogP contribution in [0.4, 0.5) is 0 Å². The van der Waals surface area contributed by atoms with Crippen LogP contribution in [-0.2, 0) is 26.0 Å². The van der Waals surface area contributed by atoms with E-state index in [1.54, 1.807) is 50.2 Å². The molecule has 0 radical (unpaired) electrons. The molecular weight excluding hydrogens is 438 g/mol. The third-order valence-electron chi connectivity index (χ3n) is 4.93. The van der Waals surface area contributed by atoms with Crippen molar-refractivity contribution in [3.8, 4) is 11.1 Å². The van der Waals surface area contributed by atoms with Gasteiger partial charge in [-0.3, -0.25) is 9.59 Å². The summed E-state index contributed by atoms with van der Waals surface area (Å²) < 4.78 is 34.4. The predicted octanol–water partition coefficient (Wildman–Crippen LogP) is 4.40. The lowest BCUT2D eigenvalue weighted by Gasteiger charge is -2.19. The van der Waals surface area contributed by atoms with E-state index in [0.29, 0.717) is 17.5 Å². The van der Waals surface area contributed by atoms with Crippen molar-refractivity contribution in [3.05, 3.63) is 90.0 Å². The number of carbonyl (C=O) groups excluding carboxylic acids is 2. The molecule has 3 rings (SSSR count). The number of sulfonamides is 1. The molecule has 0 saturated heterocycles. The predicted molar refractivity (Wildman–Crippen MR) is 127 cm³/mol. The van der Waals surface area contributed by atoms with E-state index in [9.17, 15) is 18.0 Å². The first-order valence-corrected chi connectivity index (χ1v) is 12.2. The van der Waals surface area contributed by atoms with Gasteiger partial charge in [-0.2, -0.15) is 0 Å². The van der Waals surface area contributed by atoms with Gasteiger partial charge in [0.1, 0.15) is 6.29 Å². The molecule has 0 saturated carbocycles. The topological polar surface area (TPSA) is 89.5 Å². The number of hydrogen-bond donors (Lipinski definition) is 1. The van der Waals surface area contributed by atoms with Gasteiger partial charge in [0.05, 0.1) is 17.4 Å². The molecule has 0 bridgehead atoms. The smallest absolute Gasteiger partial charge is 0.307 e. The van der Waals surface area contributed by atoms with E-state index in [4.69, 9.17) is 4.74 Å². The summed E-state index contributed by atoms with van der Waals surface area (Å²) in [7, 11) is -3.93. The summed E-state index contributed by atoms with van der Waals surface area (Å²) in [5.41, 5.74) is 2.81. The summed E-state index contributed by atoms with van der Waals surface area (Å²) in [6.45, 7) is 3.50. The van der Waals surface area contributed by atoms with Gasteiger partial charge < -0.3 is 4.74 Å². The summed E-state index contributed by atoms with van der Waals surface area (Å²) in [5, 5.41) is 0. The average molecular weight is 466 g/mol. The van der Waals surface area contributed by atoms with Gasteiger partial charge in [-0.05, 0) is 55.2 Å². The maximum absolute atomic E-state index is 13.2. The Hall–Kier alpha value is -3.29. The number of nitrogens with one attached hydrogen (secondary N) is 1. The largest absolute Gasteiger partial charge is 0.463 e. The zero-order valence-electron chi connectivity index (χ0n) is 18.6. The zero-order chi connectivity index (χ0) is 23.8. The van der Waals surface area contributed by atoms with E-state index in [1.807, 2.05) is 36.4 Å². The number of benzene rings is 3. The van der Waals surface area contributed by atoms with Crippen LogP contribution in [0, 0.1) is 0 Å². The van der Waals surface area contributed by atoms with Crippen LogP contribution in [0.5, 0.6) is 0 Å². The first-order valence-electron chi connectivity index (χ1n) is 10.7. The lowest BCUT2D eigenvalue weighted by Crippen LogP contribution is -2.38. The first-order chi connectivity index (χ1) is 15.8. The van der Waals surface area contributed by atoms with Crippen LogP contribution in [0.15, 0.2) is 83.8 Å². The van der Waals surface area contributed by atoms with Crippen molar-refractivity contribution in [2.45, 2.75) is 43.7 Å².